The third-order valence-corrected chi connectivity index (χ3v) is 7.81. The van der Waals surface area contributed by atoms with E-state index in [1.807, 2.05) is 6.20 Å². The Kier molecular flexibility index (Phi) is 6.15. The van der Waals surface area contributed by atoms with Gasteiger partial charge in [0.2, 0.25) is 0 Å². The maximum atomic E-state index is 9.51. The predicted octanol–water partition coefficient (Wildman–Crippen LogP) is 5.09. The summed E-state index contributed by atoms with van der Waals surface area (Å²) in [5.41, 5.74) is 9.97. The zero-order valence-corrected chi connectivity index (χ0v) is 20.5. The van der Waals surface area contributed by atoms with Crippen molar-refractivity contribution >= 4 is 11.0 Å². The number of aliphatic hydroxyl groups is 1. The zero-order chi connectivity index (χ0) is 23.8. The van der Waals surface area contributed by atoms with E-state index in [9.17, 15) is 5.11 Å². The predicted molar refractivity (Wildman–Crippen MR) is 142 cm³/mol. The smallest absolute Gasteiger partial charge is 0.137 e. The van der Waals surface area contributed by atoms with E-state index in [0.717, 1.165) is 56.8 Å². The van der Waals surface area contributed by atoms with Crippen LogP contribution in [-0.4, -0.2) is 58.2 Å². The van der Waals surface area contributed by atoms with Gasteiger partial charge in [-0.2, -0.15) is 0 Å². The van der Waals surface area contributed by atoms with Crippen LogP contribution in [0.25, 0.3) is 33.3 Å². The lowest BCUT2D eigenvalue weighted by Gasteiger charge is -2.31. The topological polar surface area (TPSA) is 55.4 Å². The van der Waals surface area contributed by atoms with E-state index in [-0.39, 0.29) is 0 Å². The summed E-state index contributed by atoms with van der Waals surface area (Å²) in [6.45, 7) is 5.51. The molecule has 0 amide bonds. The molecule has 2 aliphatic heterocycles. The number of likely N-dealkylation sites (tertiary alicyclic amines) is 1. The molecule has 2 aromatic carbocycles. The summed E-state index contributed by atoms with van der Waals surface area (Å²) in [7, 11) is 2.19. The number of piperidine rings is 1. The minimum Gasteiger partial charge on any atom is -0.396 e. The van der Waals surface area contributed by atoms with E-state index < -0.39 is 0 Å². The molecule has 0 radical (unpaired) electrons. The second-order valence-electron chi connectivity index (χ2n) is 10.4. The molecule has 5 heteroatoms. The minimum absolute atomic E-state index is 0.300. The van der Waals surface area contributed by atoms with Gasteiger partial charge in [0.1, 0.15) is 5.65 Å². The van der Waals surface area contributed by atoms with E-state index in [4.69, 9.17) is 4.98 Å². The highest BCUT2D eigenvalue weighted by molar-refractivity contribution is 5.96. The van der Waals surface area contributed by atoms with E-state index in [1.165, 1.54) is 45.2 Å². The van der Waals surface area contributed by atoms with E-state index in [0.29, 0.717) is 12.5 Å². The Morgan fingerprint density at radius 2 is 1.86 bits per heavy atom. The number of aromatic amines is 1. The molecule has 2 N–H and O–H groups in total. The van der Waals surface area contributed by atoms with Gasteiger partial charge in [0.05, 0.1) is 0 Å². The highest BCUT2D eigenvalue weighted by atomic mass is 16.3. The molecule has 2 aromatic heterocycles. The Bertz CT molecular complexity index is 1330. The van der Waals surface area contributed by atoms with Crippen LogP contribution in [0.5, 0.6) is 0 Å². The fraction of sp³-hybridized carbons (Fsp3) is 0.367. The average molecular weight is 467 g/mol. The van der Waals surface area contributed by atoms with Gasteiger partial charge in [0, 0.05) is 61.7 Å². The standard InChI is InChI=1S/C30H34N4O/c1-33-12-10-24-13-25(8-9-26(24)19-33)29-16-32-30-28(29)14-27(15-31-30)23-6-4-21(5-7-23)17-34-11-2-3-22(18-34)20-35/h4-9,13-16,22,35H,2-3,10-12,17-20H2,1H3,(H,31,32). The third-order valence-electron chi connectivity index (χ3n) is 7.81. The van der Waals surface area contributed by atoms with Crippen molar-refractivity contribution in [2.24, 2.45) is 5.92 Å². The number of aromatic nitrogens is 2. The van der Waals surface area contributed by atoms with Crippen molar-refractivity contribution in [3.8, 4) is 22.3 Å². The molecule has 5 nitrogen and oxygen atoms in total. The van der Waals surface area contributed by atoms with Crippen LogP contribution in [0.15, 0.2) is 60.9 Å². The van der Waals surface area contributed by atoms with Gasteiger partial charge in [0.15, 0.2) is 0 Å². The molecular weight excluding hydrogens is 432 g/mol. The van der Waals surface area contributed by atoms with Crippen LogP contribution in [0.2, 0.25) is 0 Å². The molecule has 180 valence electrons. The van der Waals surface area contributed by atoms with E-state index in [2.05, 4.69) is 76.6 Å². The summed E-state index contributed by atoms with van der Waals surface area (Å²) in [6.07, 6.45) is 7.49. The molecule has 0 aliphatic carbocycles. The van der Waals surface area contributed by atoms with Gasteiger partial charge < -0.3 is 15.0 Å². The Hall–Kier alpha value is -2.99. The number of fused-ring (bicyclic) bond motifs is 2. The number of pyridine rings is 1. The molecular formula is C30H34N4O. The molecule has 0 spiro atoms. The monoisotopic (exact) mass is 466 g/mol. The number of rotatable bonds is 5. The van der Waals surface area contributed by atoms with Crippen molar-refractivity contribution in [3.63, 3.8) is 0 Å². The number of nitrogens with zero attached hydrogens (tertiary/aromatic N) is 3. The van der Waals surface area contributed by atoms with Crippen LogP contribution in [0.4, 0.5) is 0 Å². The molecule has 1 fully saturated rings. The average Bonchev–Trinajstić information content (AvgIpc) is 3.32. The number of likely N-dealkylation sites (N-methyl/N-ethyl adjacent to an activating group) is 1. The first-order valence-corrected chi connectivity index (χ1v) is 12.9. The normalized spacial score (nSPS) is 19.2. The fourth-order valence-electron chi connectivity index (χ4n) is 5.77. The Balaban J connectivity index is 1.24. The van der Waals surface area contributed by atoms with Crippen LogP contribution in [-0.2, 0) is 19.5 Å². The molecule has 4 heterocycles. The maximum Gasteiger partial charge on any atom is 0.137 e. The molecule has 1 unspecified atom stereocenters. The molecule has 1 saturated heterocycles. The van der Waals surface area contributed by atoms with Crippen LogP contribution in [0, 0.1) is 5.92 Å². The first kappa shape index (κ1) is 22.5. The molecule has 35 heavy (non-hydrogen) atoms. The quantitative estimate of drug-likeness (QED) is 0.430. The van der Waals surface area contributed by atoms with Gasteiger partial charge in [-0.3, -0.25) is 4.90 Å². The van der Waals surface area contributed by atoms with Crippen molar-refractivity contribution in [2.75, 3.05) is 33.3 Å². The lowest BCUT2D eigenvalue weighted by molar-refractivity contribution is 0.116. The molecule has 0 saturated carbocycles. The molecule has 0 bridgehead atoms. The largest absolute Gasteiger partial charge is 0.396 e. The summed E-state index contributed by atoms with van der Waals surface area (Å²) < 4.78 is 0. The number of hydrogen-bond acceptors (Lipinski definition) is 4. The number of nitrogens with one attached hydrogen (secondary N) is 1. The Morgan fingerprint density at radius 3 is 2.71 bits per heavy atom. The number of H-pyrrole nitrogens is 1. The first-order valence-electron chi connectivity index (χ1n) is 12.9. The van der Waals surface area contributed by atoms with Crippen molar-refractivity contribution in [1.82, 2.24) is 19.8 Å². The van der Waals surface area contributed by atoms with Crippen LogP contribution >= 0.6 is 0 Å². The number of aliphatic hydroxyl groups excluding tert-OH is 1. The summed E-state index contributed by atoms with van der Waals surface area (Å²) in [4.78, 5) is 13.0. The van der Waals surface area contributed by atoms with Crippen LogP contribution in [0.3, 0.4) is 0 Å². The summed E-state index contributed by atoms with van der Waals surface area (Å²) in [6, 6.07) is 18.1. The Labute approximate surface area is 207 Å². The van der Waals surface area contributed by atoms with Crippen molar-refractivity contribution in [2.45, 2.75) is 32.4 Å². The summed E-state index contributed by atoms with van der Waals surface area (Å²) in [5.74, 6) is 0.424. The summed E-state index contributed by atoms with van der Waals surface area (Å²) >= 11 is 0. The SMILES string of the molecule is CN1CCc2cc(-c3c[nH]c4ncc(-c5ccc(CN6CCCC(CO)C6)cc5)cc34)ccc2C1. The Morgan fingerprint density at radius 1 is 1.00 bits per heavy atom. The molecule has 6 rings (SSSR count). The first-order chi connectivity index (χ1) is 17.2. The van der Waals surface area contributed by atoms with Crippen molar-refractivity contribution in [3.05, 3.63) is 77.6 Å². The van der Waals surface area contributed by atoms with Gasteiger partial charge in [-0.25, -0.2) is 4.98 Å². The van der Waals surface area contributed by atoms with Crippen molar-refractivity contribution < 1.29 is 5.11 Å². The van der Waals surface area contributed by atoms with E-state index in [1.54, 1.807) is 0 Å². The fourth-order valence-corrected chi connectivity index (χ4v) is 5.77. The number of benzene rings is 2. The highest BCUT2D eigenvalue weighted by Crippen LogP contribution is 2.33. The summed E-state index contributed by atoms with van der Waals surface area (Å²) in [5, 5.41) is 10.7. The second-order valence-corrected chi connectivity index (χ2v) is 10.4. The molecule has 2 aliphatic rings. The van der Waals surface area contributed by atoms with Gasteiger partial charge in [-0.05, 0) is 72.7 Å². The number of hydrogen-bond donors (Lipinski definition) is 2. The minimum atomic E-state index is 0.300. The van der Waals surface area contributed by atoms with E-state index >= 15 is 0 Å². The van der Waals surface area contributed by atoms with Gasteiger partial charge in [-0.15, -0.1) is 0 Å². The molecule has 4 aromatic rings. The van der Waals surface area contributed by atoms with Gasteiger partial charge in [0.25, 0.3) is 0 Å². The third kappa shape index (κ3) is 4.64. The van der Waals surface area contributed by atoms with Gasteiger partial charge >= 0.3 is 0 Å². The van der Waals surface area contributed by atoms with Crippen LogP contribution < -0.4 is 0 Å². The van der Waals surface area contributed by atoms with Crippen LogP contribution in [0.1, 0.15) is 29.5 Å². The molecule has 1 atom stereocenters. The maximum absolute atomic E-state index is 9.51. The zero-order valence-electron chi connectivity index (χ0n) is 20.5. The lowest BCUT2D eigenvalue weighted by Crippen LogP contribution is -2.36. The van der Waals surface area contributed by atoms with Gasteiger partial charge in [-0.1, -0.05) is 42.5 Å². The highest BCUT2D eigenvalue weighted by Gasteiger charge is 2.19. The lowest BCUT2D eigenvalue weighted by atomic mass is 9.94. The second kappa shape index (κ2) is 9.57. The van der Waals surface area contributed by atoms with Crippen molar-refractivity contribution in [1.29, 1.82) is 0 Å².